The predicted molar refractivity (Wildman–Crippen MR) is 140 cm³/mol. The van der Waals surface area contributed by atoms with E-state index in [9.17, 15) is 10.2 Å². The smallest absolute Gasteiger partial charge is 0.124 e. The number of rotatable bonds is 14. The van der Waals surface area contributed by atoms with Crippen molar-refractivity contribution in [3.05, 3.63) is 47.6 Å². The molecule has 0 bridgehead atoms. The lowest BCUT2D eigenvalue weighted by Gasteiger charge is -2.16. The van der Waals surface area contributed by atoms with Crippen molar-refractivity contribution in [2.45, 2.75) is 117 Å². The van der Waals surface area contributed by atoms with Crippen molar-refractivity contribution >= 4 is 0 Å². The van der Waals surface area contributed by atoms with Crippen molar-refractivity contribution in [3.63, 3.8) is 0 Å². The first-order valence-electron chi connectivity index (χ1n) is 11.9. The Morgan fingerprint density at radius 2 is 1.03 bits per heavy atom. The minimum Gasteiger partial charge on any atom is -0.378 e. The second-order valence-corrected chi connectivity index (χ2v) is 9.85. The molecule has 0 aliphatic heterocycles. The average Bonchev–Trinajstić information content (AvgIpc) is 2.69. The van der Waals surface area contributed by atoms with Gasteiger partial charge in [-0.1, -0.05) is 46.3 Å². The van der Waals surface area contributed by atoms with Gasteiger partial charge in [0, 0.05) is 0 Å². The molecule has 0 fully saturated rings. The monoisotopic (exact) mass is 438 g/mol. The lowest BCUT2D eigenvalue weighted by molar-refractivity contribution is 0.111. The summed E-state index contributed by atoms with van der Waals surface area (Å²) in [5.41, 5.74) is 2.80. The van der Waals surface area contributed by atoms with Crippen LogP contribution in [0.25, 0.3) is 0 Å². The molecular weight excluding hydrogens is 392 g/mol. The third-order valence-corrected chi connectivity index (χ3v) is 5.34. The quantitative estimate of drug-likeness (QED) is 0.168. The maximum absolute atomic E-state index is 10.5. The van der Waals surface area contributed by atoms with Crippen molar-refractivity contribution < 1.29 is 10.2 Å². The Hall–Kier alpha value is -2.00. The van der Waals surface area contributed by atoms with Gasteiger partial charge in [-0.25, -0.2) is 0 Å². The van der Waals surface area contributed by atoms with Crippen LogP contribution in [0.2, 0.25) is 0 Å². The zero-order valence-corrected chi connectivity index (χ0v) is 21.5. The van der Waals surface area contributed by atoms with Gasteiger partial charge in [0.05, 0.1) is 0 Å². The van der Waals surface area contributed by atoms with Gasteiger partial charge in [-0.15, -0.1) is 13.2 Å². The summed E-state index contributed by atoms with van der Waals surface area (Å²) in [7, 11) is 0. The summed E-state index contributed by atoms with van der Waals surface area (Å²) in [5, 5.41) is 21.0. The normalized spacial score (nSPS) is 15.5. The van der Waals surface area contributed by atoms with Crippen LogP contribution >= 0.6 is 0 Å². The molecule has 0 rings (SSSR count). The first kappa shape index (κ1) is 30.0. The summed E-state index contributed by atoms with van der Waals surface area (Å²) >= 11 is 0. The Morgan fingerprint density at radius 1 is 0.688 bits per heavy atom. The molecule has 0 radical (unpaired) electrons. The molecule has 0 aromatic heterocycles. The van der Waals surface area contributed by atoms with Crippen molar-refractivity contribution in [2.75, 3.05) is 0 Å². The summed E-state index contributed by atoms with van der Waals surface area (Å²) in [6.45, 7) is 19.6. The highest BCUT2D eigenvalue weighted by molar-refractivity contribution is 5.32. The number of aliphatic hydroxyl groups is 2. The highest BCUT2D eigenvalue weighted by Gasteiger charge is 2.17. The Bertz CT molecular complexity index is 714. The van der Waals surface area contributed by atoms with Crippen LogP contribution in [0.3, 0.4) is 0 Å². The van der Waals surface area contributed by atoms with E-state index in [1.165, 1.54) is 22.3 Å². The van der Waals surface area contributed by atoms with Gasteiger partial charge >= 0.3 is 0 Å². The van der Waals surface area contributed by atoms with Crippen molar-refractivity contribution in [3.8, 4) is 23.7 Å². The lowest BCUT2D eigenvalue weighted by Crippen LogP contribution is -2.22. The van der Waals surface area contributed by atoms with Crippen LogP contribution in [-0.2, 0) is 0 Å². The van der Waals surface area contributed by atoms with Gasteiger partial charge in [0.25, 0.3) is 0 Å². The number of unbranched alkanes of at least 4 members (excludes halogenated alkanes) is 2. The van der Waals surface area contributed by atoms with Gasteiger partial charge in [0.2, 0.25) is 0 Å². The molecule has 2 N–H and O–H groups in total. The standard InChI is InChI=1S/C30H46O2/c1-25(2)15-9-11-17-27(5)19-23-29(7,31)21-13-14-22-30(8,32)24-20-28(6)18-12-10-16-26(3)4/h17-18,31-32H,1,3,9-12,15-16,19-20,23-24H2,2,4-8H3/b27-17+,28-18+. The van der Waals surface area contributed by atoms with Crippen molar-refractivity contribution in [1.29, 1.82) is 0 Å². The van der Waals surface area contributed by atoms with E-state index < -0.39 is 11.2 Å². The molecule has 0 aliphatic rings. The molecule has 2 unspecified atom stereocenters. The van der Waals surface area contributed by atoms with Crippen LogP contribution in [-0.4, -0.2) is 21.4 Å². The Kier molecular flexibility index (Phi) is 14.8. The first-order chi connectivity index (χ1) is 14.8. The fourth-order valence-corrected chi connectivity index (χ4v) is 3.05. The summed E-state index contributed by atoms with van der Waals surface area (Å²) in [6.07, 6.45) is 13.6. The van der Waals surface area contributed by atoms with E-state index in [1.807, 2.05) is 0 Å². The van der Waals surface area contributed by atoms with E-state index in [0.717, 1.165) is 51.4 Å². The van der Waals surface area contributed by atoms with Gasteiger partial charge in [-0.2, -0.15) is 0 Å². The molecule has 0 heterocycles. The zero-order chi connectivity index (χ0) is 24.6. The van der Waals surface area contributed by atoms with Crippen LogP contribution in [0, 0.1) is 23.7 Å². The highest BCUT2D eigenvalue weighted by atomic mass is 16.3. The fraction of sp³-hybridized carbons (Fsp3) is 0.600. The SMILES string of the molecule is C=C(C)CCC/C=C(\C)CCC(C)(O)C#CC#CC(C)(O)CC/C(C)=C/CCCC(=C)C. The van der Waals surface area contributed by atoms with E-state index in [0.29, 0.717) is 12.8 Å². The van der Waals surface area contributed by atoms with Crippen LogP contribution in [0.5, 0.6) is 0 Å². The van der Waals surface area contributed by atoms with E-state index in [-0.39, 0.29) is 0 Å². The molecular formula is C30H46O2. The fourth-order valence-electron chi connectivity index (χ4n) is 3.05. The van der Waals surface area contributed by atoms with Crippen molar-refractivity contribution in [2.24, 2.45) is 0 Å². The van der Waals surface area contributed by atoms with Crippen LogP contribution in [0.15, 0.2) is 47.6 Å². The van der Waals surface area contributed by atoms with Gasteiger partial charge in [-0.3, -0.25) is 0 Å². The van der Waals surface area contributed by atoms with E-state index in [4.69, 9.17) is 0 Å². The topological polar surface area (TPSA) is 40.5 Å². The average molecular weight is 439 g/mol. The molecule has 178 valence electrons. The van der Waals surface area contributed by atoms with E-state index >= 15 is 0 Å². The third kappa shape index (κ3) is 18.7. The minimum absolute atomic E-state index is 0.566. The maximum atomic E-state index is 10.5. The third-order valence-electron chi connectivity index (χ3n) is 5.34. The van der Waals surface area contributed by atoms with E-state index in [2.05, 4.69) is 76.7 Å². The molecule has 0 amide bonds. The number of hydrogen-bond acceptors (Lipinski definition) is 2. The highest BCUT2D eigenvalue weighted by Crippen LogP contribution is 2.18. The first-order valence-corrected chi connectivity index (χ1v) is 11.9. The molecule has 2 atom stereocenters. The van der Waals surface area contributed by atoms with Crippen molar-refractivity contribution in [1.82, 2.24) is 0 Å². The molecule has 0 aromatic carbocycles. The molecule has 2 nitrogen and oxygen atoms in total. The molecule has 0 aromatic rings. The second kappa shape index (κ2) is 15.7. The zero-order valence-electron chi connectivity index (χ0n) is 21.5. The van der Waals surface area contributed by atoms with Crippen LogP contribution in [0.4, 0.5) is 0 Å². The maximum Gasteiger partial charge on any atom is 0.124 e. The summed E-state index contributed by atoms with van der Waals surface area (Å²) in [4.78, 5) is 0. The van der Waals surface area contributed by atoms with Crippen LogP contribution < -0.4 is 0 Å². The largest absolute Gasteiger partial charge is 0.378 e. The Labute approximate surface area is 198 Å². The van der Waals surface area contributed by atoms with Gasteiger partial charge in [-0.05, 0) is 118 Å². The predicted octanol–water partition coefficient (Wildman–Crippen LogP) is 7.44. The molecule has 32 heavy (non-hydrogen) atoms. The molecule has 2 heteroatoms. The van der Waals surface area contributed by atoms with Gasteiger partial charge < -0.3 is 10.2 Å². The Morgan fingerprint density at radius 3 is 1.34 bits per heavy atom. The lowest BCUT2D eigenvalue weighted by atomic mass is 9.96. The second-order valence-electron chi connectivity index (χ2n) is 9.85. The minimum atomic E-state index is -1.09. The number of hydrogen-bond donors (Lipinski definition) is 2. The van der Waals surface area contributed by atoms with Gasteiger partial charge in [0.15, 0.2) is 0 Å². The van der Waals surface area contributed by atoms with E-state index in [1.54, 1.807) is 13.8 Å². The molecule has 0 spiro atoms. The molecule has 0 saturated heterocycles. The summed E-state index contributed by atoms with van der Waals surface area (Å²) in [5.74, 6) is 11.2. The molecule has 0 saturated carbocycles. The number of allylic oxidation sites excluding steroid dienone is 6. The van der Waals surface area contributed by atoms with Gasteiger partial charge in [0.1, 0.15) is 11.2 Å². The molecule has 0 aliphatic carbocycles. The summed E-state index contributed by atoms with van der Waals surface area (Å²) in [6, 6.07) is 0. The summed E-state index contributed by atoms with van der Waals surface area (Å²) < 4.78 is 0. The van der Waals surface area contributed by atoms with Crippen LogP contribution in [0.1, 0.15) is 106 Å². The Balaban J connectivity index is 4.52.